The molecule has 1 unspecified atom stereocenters. The van der Waals surface area contributed by atoms with Crippen LogP contribution in [-0.4, -0.2) is 20.6 Å². The van der Waals surface area contributed by atoms with Crippen LogP contribution in [0, 0.1) is 5.92 Å². The summed E-state index contributed by atoms with van der Waals surface area (Å²) >= 11 is 0. The molecule has 3 rings (SSSR count). The lowest BCUT2D eigenvalue weighted by molar-refractivity contribution is 0.126. The summed E-state index contributed by atoms with van der Waals surface area (Å²) in [5.41, 5.74) is 2.18. The van der Waals surface area contributed by atoms with Crippen LogP contribution in [0.3, 0.4) is 0 Å². The molecule has 0 saturated heterocycles. The molecule has 0 aromatic carbocycles. The molecule has 3 nitrogen and oxygen atoms in total. The average Bonchev–Trinajstić information content (AvgIpc) is 2.94. The molecule has 1 atom stereocenters. The molecule has 0 spiro atoms. The fourth-order valence-electron chi connectivity index (χ4n) is 2.95. The molecule has 2 aromatic rings. The molecule has 1 fully saturated rings. The van der Waals surface area contributed by atoms with E-state index in [-0.39, 0.29) is 6.10 Å². The van der Waals surface area contributed by atoms with E-state index in [0.717, 1.165) is 23.9 Å². The maximum Gasteiger partial charge on any atom is 0.0992 e. The van der Waals surface area contributed by atoms with Crippen molar-refractivity contribution in [3.8, 4) is 0 Å². The minimum Gasteiger partial charge on any atom is -0.389 e. The van der Waals surface area contributed by atoms with Crippen LogP contribution >= 0.6 is 0 Å². The highest BCUT2D eigenvalue weighted by molar-refractivity contribution is 5.68. The summed E-state index contributed by atoms with van der Waals surface area (Å²) in [4.78, 5) is 4.15. The monoisotopic (exact) mass is 256 g/mol. The Kier molecular flexibility index (Phi) is 3.65. The van der Waals surface area contributed by atoms with E-state index in [1.54, 1.807) is 6.33 Å². The minimum atomic E-state index is -0.316. The van der Waals surface area contributed by atoms with Gasteiger partial charge in [0.2, 0.25) is 0 Å². The first kappa shape index (κ1) is 12.4. The third-order valence-electron chi connectivity index (χ3n) is 4.09. The maximum absolute atomic E-state index is 10.2. The largest absolute Gasteiger partial charge is 0.389 e. The summed E-state index contributed by atoms with van der Waals surface area (Å²) in [5.74, 6) is 0.439. The van der Waals surface area contributed by atoms with E-state index >= 15 is 0 Å². The van der Waals surface area contributed by atoms with Crippen molar-refractivity contribution in [1.82, 2.24) is 9.38 Å². The molecule has 1 aliphatic rings. The molecule has 1 saturated carbocycles. The number of aliphatic hydroxyl groups excluding tert-OH is 1. The third kappa shape index (κ3) is 2.71. The number of nitrogens with zero attached hydrogens (tertiary/aromatic N) is 2. The van der Waals surface area contributed by atoms with E-state index in [1.165, 1.54) is 19.3 Å². The Morgan fingerprint density at radius 1 is 1.32 bits per heavy atom. The fraction of sp³-hybridized carbons (Fsp3) is 0.438. The van der Waals surface area contributed by atoms with Gasteiger partial charge >= 0.3 is 0 Å². The summed E-state index contributed by atoms with van der Waals surface area (Å²) in [5, 5.41) is 10.2. The predicted octanol–water partition coefficient (Wildman–Crippen LogP) is 3.29. The van der Waals surface area contributed by atoms with E-state index in [4.69, 9.17) is 0 Å². The van der Waals surface area contributed by atoms with E-state index in [1.807, 2.05) is 35.0 Å². The molecule has 0 aliphatic heterocycles. The number of aromatic nitrogens is 2. The number of hydrogen-bond donors (Lipinski definition) is 1. The number of fused-ring (bicyclic) bond motifs is 1. The number of aliphatic hydroxyl groups is 1. The normalized spacial score (nSPS) is 19.2. The number of hydrogen-bond acceptors (Lipinski definition) is 2. The average molecular weight is 256 g/mol. The highest BCUT2D eigenvalue weighted by Crippen LogP contribution is 2.27. The van der Waals surface area contributed by atoms with Crippen LogP contribution in [0.2, 0.25) is 0 Å². The predicted molar refractivity (Wildman–Crippen MR) is 76.8 cm³/mol. The Morgan fingerprint density at radius 3 is 3.00 bits per heavy atom. The Labute approximate surface area is 113 Å². The van der Waals surface area contributed by atoms with Gasteiger partial charge in [-0.25, -0.2) is 4.98 Å². The topological polar surface area (TPSA) is 37.5 Å². The van der Waals surface area contributed by atoms with Crippen LogP contribution in [0.15, 0.2) is 36.9 Å². The first-order valence-electron chi connectivity index (χ1n) is 7.11. The zero-order valence-electron chi connectivity index (χ0n) is 11.1. The Balaban J connectivity index is 1.76. The second kappa shape index (κ2) is 5.57. The quantitative estimate of drug-likeness (QED) is 0.915. The van der Waals surface area contributed by atoms with Crippen LogP contribution in [0.4, 0.5) is 0 Å². The van der Waals surface area contributed by atoms with Crippen molar-refractivity contribution in [3.05, 3.63) is 42.5 Å². The number of imidazole rings is 1. The zero-order chi connectivity index (χ0) is 13.1. The minimum absolute atomic E-state index is 0.316. The van der Waals surface area contributed by atoms with Gasteiger partial charge in [0, 0.05) is 6.20 Å². The lowest BCUT2D eigenvalue weighted by atomic mass is 9.85. The summed E-state index contributed by atoms with van der Waals surface area (Å²) in [6.07, 6.45) is 15.4. The van der Waals surface area contributed by atoms with E-state index in [0.29, 0.717) is 5.92 Å². The van der Waals surface area contributed by atoms with Crippen molar-refractivity contribution in [2.24, 2.45) is 5.92 Å². The molecular weight excluding hydrogens is 236 g/mol. The second-order valence-electron chi connectivity index (χ2n) is 5.40. The van der Waals surface area contributed by atoms with Crippen molar-refractivity contribution in [1.29, 1.82) is 0 Å². The number of pyridine rings is 1. The van der Waals surface area contributed by atoms with Crippen LogP contribution in [0.25, 0.3) is 11.6 Å². The molecule has 2 aromatic heterocycles. The Bertz CT molecular complexity index is 567. The molecule has 100 valence electrons. The van der Waals surface area contributed by atoms with Gasteiger partial charge in [-0.05, 0) is 30.4 Å². The highest BCUT2D eigenvalue weighted by atomic mass is 16.3. The highest BCUT2D eigenvalue weighted by Gasteiger charge is 2.19. The summed E-state index contributed by atoms with van der Waals surface area (Å²) in [6, 6.07) is 4.06. The van der Waals surface area contributed by atoms with E-state index < -0.39 is 0 Å². The van der Waals surface area contributed by atoms with E-state index in [2.05, 4.69) is 11.1 Å². The molecule has 0 amide bonds. The lowest BCUT2D eigenvalue weighted by Crippen LogP contribution is -2.20. The summed E-state index contributed by atoms with van der Waals surface area (Å²) < 4.78 is 1.99. The van der Waals surface area contributed by atoms with Gasteiger partial charge < -0.3 is 9.51 Å². The van der Waals surface area contributed by atoms with Crippen molar-refractivity contribution in [3.63, 3.8) is 0 Å². The summed E-state index contributed by atoms with van der Waals surface area (Å²) in [7, 11) is 0. The molecule has 19 heavy (non-hydrogen) atoms. The van der Waals surface area contributed by atoms with Crippen LogP contribution in [0.1, 0.15) is 37.7 Å². The SMILES string of the molecule is OC(/C=C/c1cccn2cncc12)C1CCCCC1. The Morgan fingerprint density at radius 2 is 2.16 bits per heavy atom. The smallest absolute Gasteiger partial charge is 0.0992 e. The first-order valence-corrected chi connectivity index (χ1v) is 7.11. The van der Waals surface area contributed by atoms with Crippen LogP contribution in [0.5, 0.6) is 0 Å². The van der Waals surface area contributed by atoms with Crippen molar-refractivity contribution >= 4 is 11.6 Å². The molecule has 0 bridgehead atoms. The van der Waals surface area contributed by atoms with Gasteiger partial charge in [-0.1, -0.05) is 37.5 Å². The van der Waals surface area contributed by atoms with Crippen molar-refractivity contribution < 1.29 is 5.11 Å². The summed E-state index contributed by atoms with van der Waals surface area (Å²) in [6.45, 7) is 0. The third-order valence-corrected chi connectivity index (χ3v) is 4.09. The maximum atomic E-state index is 10.2. The molecule has 1 aliphatic carbocycles. The van der Waals surface area contributed by atoms with Gasteiger partial charge in [0.1, 0.15) is 0 Å². The van der Waals surface area contributed by atoms with Gasteiger partial charge in [-0.2, -0.15) is 0 Å². The van der Waals surface area contributed by atoms with Gasteiger partial charge in [0.25, 0.3) is 0 Å². The zero-order valence-corrected chi connectivity index (χ0v) is 11.1. The Hall–Kier alpha value is -1.61. The molecule has 1 N–H and O–H groups in total. The second-order valence-corrected chi connectivity index (χ2v) is 5.40. The van der Waals surface area contributed by atoms with E-state index in [9.17, 15) is 5.11 Å². The molecule has 3 heteroatoms. The standard InChI is InChI=1S/C16H20N2O/c19-16(14-5-2-1-3-6-14)9-8-13-7-4-10-18-12-17-11-15(13)18/h4,7-12,14,16,19H,1-3,5-6H2/b9-8+. The van der Waals surface area contributed by atoms with Gasteiger partial charge in [0.15, 0.2) is 0 Å². The molecular formula is C16H20N2O. The number of rotatable bonds is 3. The fourth-order valence-corrected chi connectivity index (χ4v) is 2.95. The van der Waals surface area contributed by atoms with Gasteiger partial charge in [-0.15, -0.1) is 0 Å². The van der Waals surface area contributed by atoms with Crippen molar-refractivity contribution in [2.75, 3.05) is 0 Å². The van der Waals surface area contributed by atoms with Gasteiger partial charge in [-0.3, -0.25) is 0 Å². The van der Waals surface area contributed by atoms with Crippen LogP contribution < -0.4 is 0 Å². The van der Waals surface area contributed by atoms with Gasteiger partial charge in [0.05, 0.1) is 24.1 Å². The molecule has 2 heterocycles. The lowest BCUT2D eigenvalue weighted by Gasteiger charge is -2.24. The molecule has 0 radical (unpaired) electrons. The van der Waals surface area contributed by atoms with Crippen LogP contribution in [-0.2, 0) is 0 Å². The van der Waals surface area contributed by atoms with Crippen molar-refractivity contribution in [2.45, 2.75) is 38.2 Å². The first-order chi connectivity index (χ1) is 9.34.